The van der Waals surface area contributed by atoms with E-state index in [2.05, 4.69) is 214 Å². The van der Waals surface area contributed by atoms with Crippen molar-refractivity contribution in [2.24, 2.45) is 0 Å². The van der Waals surface area contributed by atoms with Gasteiger partial charge in [-0.05, 0) is 186 Å². The highest BCUT2D eigenvalue weighted by Gasteiger charge is 2.17. The van der Waals surface area contributed by atoms with Crippen LogP contribution in [0.15, 0.2) is 167 Å². The van der Waals surface area contributed by atoms with Crippen LogP contribution in [0.3, 0.4) is 0 Å². The number of benzene rings is 5. The van der Waals surface area contributed by atoms with Crippen LogP contribution in [0.2, 0.25) is 0 Å². The number of para-hydroxylation sites is 2. The molecule has 0 fully saturated rings. The zero-order chi connectivity index (χ0) is 67.5. The first kappa shape index (κ1) is 77.8. The summed E-state index contributed by atoms with van der Waals surface area (Å²) in [4.78, 5) is 47.6. The average molecular weight is 1430 g/mol. The largest absolute Gasteiger partial charge is 0.508 e. The van der Waals surface area contributed by atoms with E-state index in [1.165, 1.54) is 34.4 Å². The van der Waals surface area contributed by atoms with Gasteiger partial charge in [0.1, 0.15) is 20.7 Å². The first-order valence-corrected chi connectivity index (χ1v) is 33.5. The fourth-order valence-corrected chi connectivity index (χ4v) is 8.76. The first-order valence-electron chi connectivity index (χ1n) is 28.7. The third-order valence-electron chi connectivity index (χ3n) is 13.4. The molecule has 0 saturated heterocycles. The number of nitrogens with one attached hydrogen (secondary N) is 2. The highest BCUT2D eigenvalue weighted by molar-refractivity contribution is 9.10. The van der Waals surface area contributed by atoms with E-state index >= 15 is 0 Å². The summed E-state index contributed by atoms with van der Waals surface area (Å²) in [6.07, 6.45) is 8.36. The second kappa shape index (κ2) is 37.8. The van der Waals surface area contributed by atoms with Crippen molar-refractivity contribution < 1.29 is 38.9 Å². The van der Waals surface area contributed by atoms with Crippen LogP contribution in [0.25, 0.3) is 11.3 Å². The maximum absolute atomic E-state index is 12.4. The molecule has 3 heterocycles. The lowest BCUT2D eigenvalue weighted by Crippen LogP contribution is -2.29. The van der Waals surface area contributed by atoms with Crippen LogP contribution in [-0.2, 0) is 59.1 Å². The third kappa shape index (κ3) is 29.7. The minimum atomic E-state index is -1.67. The lowest BCUT2D eigenvalue weighted by molar-refractivity contribution is -0.117. The molecule has 0 aliphatic carbocycles. The molecule has 0 spiro atoms. The minimum absolute atomic E-state index is 0.00780. The van der Waals surface area contributed by atoms with Crippen LogP contribution in [0, 0.1) is 20.8 Å². The number of carbonyl (C=O) groups is 3. The van der Waals surface area contributed by atoms with Gasteiger partial charge in [-0.1, -0.05) is 165 Å². The number of aromatic hydroxyl groups is 2. The average Bonchev–Trinajstić information content (AvgIpc) is 2.57. The molecule has 0 radical (unpaired) electrons. The van der Waals surface area contributed by atoms with Crippen molar-refractivity contribution in [1.82, 2.24) is 15.0 Å². The molecular weight excluding hydrogens is 1350 g/mol. The molecule has 8 aromatic rings. The highest BCUT2D eigenvalue weighted by atomic mass is 79.9. The topological polar surface area (TPSA) is 238 Å². The summed E-state index contributed by atoms with van der Waals surface area (Å²) in [5.74, 6) is 0.0599. The van der Waals surface area contributed by atoms with Gasteiger partial charge in [-0.15, -0.1) is 0 Å². The lowest BCUT2D eigenvalue weighted by Gasteiger charge is -2.19. The lowest BCUT2D eigenvalue weighted by atomic mass is 9.80. The number of aromatic nitrogens is 3. The number of phenols is 2. The van der Waals surface area contributed by atoms with E-state index in [0.29, 0.717) is 48.3 Å². The normalized spacial score (nSPS) is 10.8. The maximum Gasteiger partial charge on any atom is 0.492 e. The van der Waals surface area contributed by atoms with Crippen molar-refractivity contribution >= 4 is 121 Å². The number of halogens is 5. The van der Waals surface area contributed by atoms with Crippen molar-refractivity contribution in [2.45, 2.75) is 138 Å². The standard InChI is InChI=1S/C25H28N2O2.C19H23BrN2O.C13H17ClO.C6H7BO3.C6H7BrN2.Cl2OS/c1-17-15-20(16-26-24(17)21-7-5-6-8-22(21)28)27-23(29)14-11-18-9-12-19(13-10-18)25(2,3)4;1-13-11-16(12-21-18(13)20)22-17(23)10-7-14-5-8-15(9-6-14)19(2,3)4;1-13(2,3)11-7-4-10(5-8-11)6-9-12(14)15;8-6-4-2-1-3-5(6)7(9)10;1-4-2-5(8)3-9-6(4)7;1-4(2)3/h5-10,12-13,15-16,28H,11,14H2,1-4H3,(H,27,29);5-6,8-9,11-12H,7,10H2,1-4H3,(H,22,23);4-5,7-8H,6,9H2,1-3H3;1-4,8-10H;2-3H,8H2,1H3;. The number of nitrogen functional groups attached to an aromatic ring is 1. The molecule has 90 heavy (non-hydrogen) atoms. The number of hydrogen-bond donors (Lipinski definition) is 7. The van der Waals surface area contributed by atoms with Crippen molar-refractivity contribution in [3.8, 4) is 22.8 Å². The van der Waals surface area contributed by atoms with Gasteiger partial charge in [0.15, 0.2) is 0 Å². The number of aryl methyl sites for hydroxylation is 6. The Morgan fingerprint density at radius 2 is 0.889 bits per heavy atom. The van der Waals surface area contributed by atoms with E-state index < -0.39 is 16.3 Å². The molecule has 0 saturated carbocycles. The van der Waals surface area contributed by atoms with Gasteiger partial charge in [0.05, 0.1) is 41.3 Å². The van der Waals surface area contributed by atoms with E-state index in [-0.39, 0.29) is 50.3 Å². The number of amides is 2. The summed E-state index contributed by atoms with van der Waals surface area (Å²) in [6, 6.07) is 44.2. The van der Waals surface area contributed by atoms with E-state index in [1.807, 2.05) is 51.1 Å². The minimum Gasteiger partial charge on any atom is -0.508 e. The quantitative estimate of drug-likeness (QED) is 0.0324. The number of pyridine rings is 3. The van der Waals surface area contributed by atoms with Gasteiger partial charge in [0.2, 0.25) is 26.3 Å². The van der Waals surface area contributed by atoms with Crippen LogP contribution < -0.4 is 21.8 Å². The summed E-state index contributed by atoms with van der Waals surface area (Å²) in [6.45, 7) is 25.5. The van der Waals surface area contributed by atoms with Gasteiger partial charge < -0.3 is 36.6 Å². The predicted octanol–water partition coefficient (Wildman–Crippen LogP) is 16.2. The van der Waals surface area contributed by atoms with E-state index in [9.17, 15) is 19.5 Å². The highest BCUT2D eigenvalue weighted by Crippen LogP contribution is 2.31. The fraction of sp³-hybridized carbons (Fsp3) is 0.304. The molecule has 3 aromatic heterocycles. The number of carbonyl (C=O) groups excluding carboxylic acids is 3. The zero-order valence-electron chi connectivity index (χ0n) is 53.0. The first-order chi connectivity index (χ1) is 42.0. The Bertz CT molecular complexity index is 3600. The molecule has 14 nitrogen and oxygen atoms in total. The number of nitrogens with zero attached hydrogens (tertiary/aromatic N) is 3. The molecule has 2 amide bonds. The van der Waals surface area contributed by atoms with E-state index in [4.69, 9.17) is 36.7 Å². The van der Waals surface area contributed by atoms with Crippen LogP contribution in [-0.4, -0.2) is 63.6 Å². The number of rotatable bonds is 13. The zero-order valence-corrected chi connectivity index (χ0v) is 59.2. The molecule has 0 aliphatic heterocycles. The molecular formula is C69H82BBr2Cl3N6O8S. The Labute approximate surface area is 564 Å². The molecule has 480 valence electrons. The molecule has 0 aliphatic rings. The van der Waals surface area contributed by atoms with Crippen molar-refractivity contribution in [3.05, 3.63) is 217 Å². The Morgan fingerprint density at radius 1 is 0.533 bits per heavy atom. The van der Waals surface area contributed by atoms with Crippen molar-refractivity contribution in [3.63, 3.8) is 0 Å². The number of phenolic OH excluding ortho intramolecular Hbond substituents is 2. The summed E-state index contributed by atoms with van der Waals surface area (Å²) < 4.78 is 10.7. The van der Waals surface area contributed by atoms with Gasteiger partial charge in [0, 0.05) is 51.7 Å². The molecule has 0 bridgehead atoms. The molecule has 0 atom stereocenters. The van der Waals surface area contributed by atoms with Gasteiger partial charge >= 0.3 is 7.12 Å². The Hall–Kier alpha value is -6.48. The molecule has 21 heteroatoms. The Kier molecular flexibility index (Phi) is 32.6. The van der Waals surface area contributed by atoms with Crippen LogP contribution in [0.5, 0.6) is 11.5 Å². The van der Waals surface area contributed by atoms with E-state index in [1.54, 1.807) is 42.9 Å². The SMILES string of the molecule is CC(C)(C)c1ccc(CCC(=O)Cl)cc1.Cc1cc(N)cnc1Br.Cc1cc(NC(=O)CCc2ccc(C(C)(C)C)cc2)cnc1-c1ccccc1O.Cc1cc(NC(=O)CCc2ccc(C(C)(C)C)cc2)cnc1Br.O=S(Cl)Cl.OB(O)c1ccccc1O. The molecule has 8 rings (SSSR count). The maximum atomic E-state index is 12.4. The van der Waals surface area contributed by atoms with Crippen LogP contribution in [0.4, 0.5) is 17.1 Å². The van der Waals surface area contributed by atoms with E-state index in [0.717, 1.165) is 55.6 Å². The van der Waals surface area contributed by atoms with Crippen LogP contribution in [0.1, 0.15) is 132 Å². The fourth-order valence-electron chi connectivity index (χ4n) is 8.23. The summed E-state index contributed by atoms with van der Waals surface area (Å²) in [5.41, 5.74) is 19.9. The number of hydrogen-bond acceptors (Lipinski definition) is 12. The van der Waals surface area contributed by atoms with Crippen molar-refractivity contribution in [2.75, 3.05) is 16.4 Å². The molecule has 5 aromatic carbocycles. The van der Waals surface area contributed by atoms with Gasteiger partial charge in [-0.25, -0.2) is 14.2 Å². The summed E-state index contributed by atoms with van der Waals surface area (Å²) >= 11 is 11.9. The second-order valence-corrected chi connectivity index (χ2v) is 28.5. The monoisotopic (exact) mass is 1430 g/mol. The van der Waals surface area contributed by atoms with Gasteiger partial charge in [-0.3, -0.25) is 19.4 Å². The second-order valence-electron chi connectivity index (χ2n) is 24.0. The Balaban J connectivity index is 0.000000308. The summed E-state index contributed by atoms with van der Waals surface area (Å²) in [5, 5.41) is 41.7. The third-order valence-corrected chi connectivity index (χ3v) is 15.3. The number of anilines is 3. The van der Waals surface area contributed by atoms with Gasteiger partial charge in [-0.2, -0.15) is 0 Å². The Morgan fingerprint density at radius 3 is 1.22 bits per heavy atom. The smallest absolute Gasteiger partial charge is 0.492 e. The summed E-state index contributed by atoms with van der Waals surface area (Å²) in [7, 11) is 5.76. The predicted molar refractivity (Wildman–Crippen MR) is 380 cm³/mol. The van der Waals surface area contributed by atoms with Crippen molar-refractivity contribution in [1.29, 1.82) is 0 Å². The molecule has 0 unspecified atom stereocenters. The van der Waals surface area contributed by atoms with Crippen LogP contribution >= 0.6 is 64.8 Å². The number of nitrogens with two attached hydrogens (primary N) is 1. The molecule has 8 N–H and O–H groups in total. The van der Waals surface area contributed by atoms with Gasteiger partial charge in [0.25, 0.3) is 0 Å².